The second kappa shape index (κ2) is 5.65. The molecule has 6 nitrogen and oxygen atoms in total. The van der Waals surface area contributed by atoms with Crippen molar-refractivity contribution >= 4 is 11.9 Å². The zero-order valence-corrected chi connectivity index (χ0v) is 10.9. The average molecular weight is 239 g/mol. The Morgan fingerprint density at radius 2 is 1.94 bits per heavy atom. The summed E-state index contributed by atoms with van der Waals surface area (Å²) in [4.78, 5) is 12.1. The molecule has 0 saturated carbocycles. The van der Waals surface area contributed by atoms with Gasteiger partial charge in [0.15, 0.2) is 0 Å². The van der Waals surface area contributed by atoms with Crippen LogP contribution in [0.1, 0.15) is 40.5 Å². The molecule has 0 amide bonds. The summed E-state index contributed by atoms with van der Waals surface area (Å²) in [6, 6.07) is 0.259. The molecule has 0 radical (unpaired) electrons. The summed E-state index contributed by atoms with van der Waals surface area (Å²) in [5, 5.41) is 3.24. The van der Waals surface area contributed by atoms with E-state index in [1.54, 1.807) is 0 Å². The lowest BCUT2D eigenvalue weighted by Crippen LogP contribution is -2.31. The molecule has 96 valence electrons. The van der Waals surface area contributed by atoms with Gasteiger partial charge < -0.3 is 15.8 Å². The van der Waals surface area contributed by atoms with Gasteiger partial charge in [0.25, 0.3) is 0 Å². The normalized spacial score (nSPS) is 11.3. The Labute approximate surface area is 102 Å². The van der Waals surface area contributed by atoms with E-state index in [-0.39, 0.29) is 17.5 Å². The lowest BCUT2D eigenvalue weighted by molar-refractivity contribution is 0.312. The standard InChI is InChI=1S/C11H21N5O/c1-5-7-11(3,4)16-9-13-8(12)14-10(15-9)17-6-2/h5-7H2,1-4H3,(H3,12,13,14,15,16). The van der Waals surface area contributed by atoms with E-state index in [0.717, 1.165) is 12.8 Å². The van der Waals surface area contributed by atoms with Crippen LogP contribution >= 0.6 is 0 Å². The molecule has 0 saturated heterocycles. The van der Waals surface area contributed by atoms with Gasteiger partial charge in [0.05, 0.1) is 6.61 Å². The van der Waals surface area contributed by atoms with Gasteiger partial charge in [-0.25, -0.2) is 0 Å². The van der Waals surface area contributed by atoms with Crippen LogP contribution in [0.25, 0.3) is 0 Å². The fourth-order valence-electron chi connectivity index (χ4n) is 1.61. The molecular weight excluding hydrogens is 218 g/mol. The molecule has 0 aliphatic rings. The average Bonchev–Trinajstić information content (AvgIpc) is 2.15. The van der Waals surface area contributed by atoms with E-state index in [9.17, 15) is 0 Å². The molecule has 1 rings (SSSR count). The zero-order chi connectivity index (χ0) is 12.9. The number of nitrogens with zero attached hydrogens (tertiary/aromatic N) is 3. The lowest BCUT2D eigenvalue weighted by Gasteiger charge is -2.25. The number of rotatable bonds is 6. The van der Waals surface area contributed by atoms with Crippen LogP contribution in [0.2, 0.25) is 0 Å². The molecule has 0 atom stereocenters. The number of nitrogens with one attached hydrogen (secondary N) is 1. The SMILES string of the molecule is CCCC(C)(C)Nc1nc(N)nc(OCC)n1. The first-order valence-electron chi connectivity index (χ1n) is 5.89. The molecule has 0 aliphatic heterocycles. The number of hydrogen-bond donors (Lipinski definition) is 2. The van der Waals surface area contributed by atoms with E-state index >= 15 is 0 Å². The molecule has 0 spiro atoms. The van der Waals surface area contributed by atoms with Crippen molar-refractivity contribution in [3.05, 3.63) is 0 Å². The van der Waals surface area contributed by atoms with Crippen LogP contribution in [-0.4, -0.2) is 27.1 Å². The van der Waals surface area contributed by atoms with Crippen molar-refractivity contribution in [1.29, 1.82) is 0 Å². The Morgan fingerprint density at radius 3 is 2.53 bits per heavy atom. The van der Waals surface area contributed by atoms with Gasteiger partial charge in [0.2, 0.25) is 11.9 Å². The summed E-state index contributed by atoms with van der Waals surface area (Å²) < 4.78 is 5.22. The molecule has 17 heavy (non-hydrogen) atoms. The summed E-state index contributed by atoms with van der Waals surface area (Å²) >= 11 is 0. The molecule has 0 fully saturated rings. The fraction of sp³-hybridized carbons (Fsp3) is 0.727. The smallest absolute Gasteiger partial charge is 0.323 e. The summed E-state index contributed by atoms with van der Waals surface area (Å²) in [5.74, 6) is 0.623. The molecule has 1 heterocycles. The topological polar surface area (TPSA) is 86.0 Å². The van der Waals surface area contributed by atoms with Crippen molar-refractivity contribution in [1.82, 2.24) is 15.0 Å². The van der Waals surface area contributed by atoms with Gasteiger partial charge in [0.1, 0.15) is 0 Å². The summed E-state index contributed by atoms with van der Waals surface area (Å²) in [6.45, 7) is 8.69. The number of nitrogens with two attached hydrogens (primary N) is 1. The fourth-order valence-corrected chi connectivity index (χ4v) is 1.61. The van der Waals surface area contributed by atoms with Crippen LogP contribution in [0.15, 0.2) is 0 Å². The molecule has 3 N–H and O–H groups in total. The highest BCUT2D eigenvalue weighted by molar-refractivity contribution is 5.34. The molecular formula is C11H21N5O. The molecule has 0 bridgehead atoms. The summed E-state index contributed by atoms with van der Waals surface area (Å²) in [5.41, 5.74) is 5.52. The van der Waals surface area contributed by atoms with Gasteiger partial charge in [-0.2, -0.15) is 15.0 Å². The Kier molecular flexibility index (Phi) is 4.48. The maximum atomic E-state index is 5.60. The number of hydrogen-bond acceptors (Lipinski definition) is 6. The Morgan fingerprint density at radius 1 is 1.24 bits per heavy atom. The highest BCUT2D eigenvalue weighted by Gasteiger charge is 2.18. The van der Waals surface area contributed by atoms with E-state index in [1.807, 2.05) is 6.92 Å². The van der Waals surface area contributed by atoms with E-state index < -0.39 is 0 Å². The van der Waals surface area contributed by atoms with E-state index in [1.165, 1.54) is 0 Å². The van der Waals surface area contributed by atoms with Gasteiger partial charge in [-0.3, -0.25) is 0 Å². The molecule has 0 unspecified atom stereocenters. The zero-order valence-electron chi connectivity index (χ0n) is 10.9. The van der Waals surface area contributed by atoms with E-state index in [0.29, 0.717) is 12.6 Å². The Hall–Kier alpha value is -1.59. The van der Waals surface area contributed by atoms with E-state index in [2.05, 4.69) is 41.0 Å². The summed E-state index contributed by atoms with van der Waals surface area (Å²) in [7, 11) is 0. The Bertz CT molecular complexity index is 367. The van der Waals surface area contributed by atoms with Gasteiger partial charge in [-0.1, -0.05) is 13.3 Å². The van der Waals surface area contributed by atoms with Gasteiger partial charge in [0, 0.05) is 5.54 Å². The second-order valence-electron chi connectivity index (χ2n) is 4.49. The van der Waals surface area contributed by atoms with Crippen LogP contribution in [0.3, 0.4) is 0 Å². The number of anilines is 2. The van der Waals surface area contributed by atoms with Crippen LogP contribution in [0.5, 0.6) is 6.01 Å². The van der Waals surface area contributed by atoms with Gasteiger partial charge >= 0.3 is 6.01 Å². The van der Waals surface area contributed by atoms with Crippen molar-refractivity contribution in [3.8, 4) is 6.01 Å². The molecule has 1 aromatic heterocycles. The minimum absolute atomic E-state index is 0.0774. The third-order valence-corrected chi connectivity index (χ3v) is 2.23. The minimum atomic E-state index is -0.0774. The highest BCUT2D eigenvalue weighted by atomic mass is 16.5. The van der Waals surface area contributed by atoms with Gasteiger partial charge in [-0.15, -0.1) is 0 Å². The predicted octanol–water partition coefficient (Wildman–Crippen LogP) is 1.84. The number of nitrogen functional groups attached to an aromatic ring is 1. The highest BCUT2D eigenvalue weighted by Crippen LogP contribution is 2.18. The van der Waals surface area contributed by atoms with Crippen LogP contribution in [0.4, 0.5) is 11.9 Å². The monoisotopic (exact) mass is 239 g/mol. The van der Waals surface area contributed by atoms with Crippen molar-refractivity contribution in [3.63, 3.8) is 0 Å². The molecule has 0 aliphatic carbocycles. The predicted molar refractivity (Wildman–Crippen MR) is 68.0 cm³/mol. The number of aromatic nitrogens is 3. The molecule has 0 aromatic carbocycles. The summed E-state index contributed by atoms with van der Waals surface area (Å²) in [6.07, 6.45) is 2.10. The quantitative estimate of drug-likeness (QED) is 0.787. The van der Waals surface area contributed by atoms with Crippen molar-refractivity contribution < 1.29 is 4.74 Å². The third kappa shape index (κ3) is 4.42. The maximum absolute atomic E-state index is 5.60. The van der Waals surface area contributed by atoms with Crippen LogP contribution < -0.4 is 15.8 Å². The van der Waals surface area contributed by atoms with Crippen LogP contribution in [-0.2, 0) is 0 Å². The van der Waals surface area contributed by atoms with E-state index in [4.69, 9.17) is 10.5 Å². The van der Waals surface area contributed by atoms with Crippen molar-refractivity contribution in [2.24, 2.45) is 0 Å². The first-order chi connectivity index (χ1) is 7.96. The lowest BCUT2D eigenvalue weighted by atomic mass is 9.99. The Balaban J connectivity index is 2.83. The molecule has 1 aromatic rings. The minimum Gasteiger partial charge on any atom is -0.464 e. The largest absolute Gasteiger partial charge is 0.464 e. The third-order valence-electron chi connectivity index (χ3n) is 2.23. The second-order valence-corrected chi connectivity index (χ2v) is 4.49. The molecule has 6 heteroatoms. The number of ether oxygens (including phenoxy) is 1. The first-order valence-corrected chi connectivity index (χ1v) is 5.89. The van der Waals surface area contributed by atoms with Crippen molar-refractivity contribution in [2.75, 3.05) is 17.7 Å². The van der Waals surface area contributed by atoms with Gasteiger partial charge in [-0.05, 0) is 27.2 Å². The van der Waals surface area contributed by atoms with Crippen molar-refractivity contribution in [2.45, 2.75) is 46.1 Å². The maximum Gasteiger partial charge on any atom is 0.323 e. The first kappa shape index (κ1) is 13.5. The van der Waals surface area contributed by atoms with Crippen LogP contribution in [0, 0.1) is 0 Å².